The summed E-state index contributed by atoms with van der Waals surface area (Å²) in [5, 5.41) is 2.21. The molecule has 2 heterocycles. The van der Waals surface area contributed by atoms with Gasteiger partial charge >= 0.3 is 5.69 Å². The lowest BCUT2D eigenvalue weighted by atomic mass is 10.2. The van der Waals surface area contributed by atoms with Gasteiger partial charge in [-0.05, 0) is 17.7 Å². The van der Waals surface area contributed by atoms with Crippen molar-refractivity contribution < 1.29 is 4.79 Å². The maximum atomic E-state index is 12.5. The van der Waals surface area contributed by atoms with Crippen molar-refractivity contribution in [2.75, 3.05) is 0 Å². The zero-order valence-electron chi connectivity index (χ0n) is 14.7. The van der Waals surface area contributed by atoms with Crippen molar-refractivity contribution in [1.82, 2.24) is 14.1 Å². The van der Waals surface area contributed by atoms with E-state index in [1.54, 1.807) is 24.3 Å². The van der Waals surface area contributed by atoms with Gasteiger partial charge in [-0.25, -0.2) is 4.79 Å². The molecule has 0 fully saturated rings. The zero-order valence-corrected chi connectivity index (χ0v) is 15.6. The van der Waals surface area contributed by atoms with Crippen LogP contribution in [0.3, 0.4) is 0 Å². The number of aromatic nitrogens is 3. The lowest BCUT2D eigenvalue weighted by Gasteiger charge is -2.07. The fourth-order valence-electron chi connectivity index (χ4n) is 2.96. The summed E-state index contributed by atoms with van der Waals surface area (Å²) in [6, 6.07) is 16.5. The van der Waals surface area contributed by atoms with Gasteiger partial charge in [-0.2, -0.15) is 4.99 Å². The number of fused-ring (bicyclic) bond motifs is 1. The van der Waals surface area contributed by atoms with E-state index in [9.17, 15) is 14.4 Å². The molecule has 0 aliphatic carbocycles. The number of nitrogens with zero attached hydrogens (tertiary/aromatic N) is 3. The minimum atomic E-state index is -0.629. The molecule has 1 N–H and O–H groups in total. The number of hydrogen-bond donors (Lipinski definition) is 1. The van der Waals surface area contributed by atoms with E-state index < -0.39 is 17.2 Å². The molecule has 4 aromatic rings. The minimum Gasteiger partial charge on any atom is -0.319 e. The molecule has 1 amide bonds. The van der Waals surface area contributed by atoms with Gasteiger partial charge < -0.3 is 4.57 Å². The minimum absolute atomic E-state index is 0.251. The summed E-state index contributed by atoms with van der Waals surface area (Å²) in [7, 11) is 0. The lowest BCUT2D eigenvalue weighted by Crippen LogP contribution is -2.32. The Labute approximate surface area is 162 Å². The van der Waals surface area contributed by atoms with Crippen molar-refractivity contribution in [1.29, 1.82) is 0 Å². The third kappa shape index (κ3) is 3.63. The molecule has 0 bridgehead atoms. The number of hydrogen-bond acceptors (Lipinski definition) is 4. The Morgan fingerprint density at radius 3 is 2.61 bits per heavy atom. The summed E-state index contributed by atoms with van der Waals surface area (Å²) in [5.41, 5.74) is 0.400. The standard InChI is InChI=1S/C20H16N4O3S/c25-17(13-24-16-9-5-4-8-15(16)18(26)22-19(24)27)21-20-23(10-11-28-20)12-14-6-2-1-3-7-14/h1-11H,12-13H2,(H,22,26,27). The maximum Gasteiger partial charge on any atom is 0.329 e. The highest BCUT2D eigenvalue weighted by Gasteiger charge is 2.10. The number of carbonyl (C=O) groups is 1. The predicted molar refractivity (Wildman–Crippen MR) is 107 cm³/mol. The molecule has 0 aliphatic rings. The second-order valence-corrected chi connectivity index (χ2v) is 7.04. The average molecular weight is 392 g/mol. The van der Waals surface area contributed by atoms with Crippen LogP contribution in [-0.4, -0.2) is 20.0 Å². The number of thiazole rings is 1. The van der Waals surface area contributed by atoms with Crippen molar-refractivity contribution >= 4 is 28.1 Å². The highest BCUT2D eigenvalue weighted by molar-refractivity contribution is 7.07. The van der Waals surface area contributed by atoms with E-state index in [4.69, 9.17) is 0 Å². The van der Waals surface area contributed by atoms with E-state index in [0.29, 0.717) is 22.2 Å². The van der Waals surface area contributed by atoms with Crippen LogP contribution in [0.15, 0.2) is 80.8 Å². The van der Waals surface area contributed by atoms with Gasteiger partial charge in [0, 0.05) is 18.1 Å². The topological polar surface area (TPSA) is 89.2 Å². The molecule has 0 aliphatic heterocycles. The number of nitrogens with one attached hydrogen (secondary N) is 1. The molecule has 0 atom stereocenters. The maximum absolute atomic E-state index is 12.5. The van der Waals surface area contributed by atoms with Gasteiger partial charge in [0.05, 0.1) is 10.9 Å². The molecule has 0 spiro atoms. The predicted octanol–water partition coefficient (Wildman–Crippen LogP) is 1.73. The molecular weight excluding hydrogens is 376 g/mol. The highest BCUT2D eigenvalue weighted by Crippen LogP contribution is 2.07. The van der Waals surface area contributed by atoms with Gasteiger partial charge in [-0.3, -0.25) is 19.1 Å². The highest BCUT2D eigenvalue weighted by atomic mass is 32.1. The summed E-state index contributed by atoms with van der Waals surface area (Å²) >= 11 is 1.35. The van der Waals surface area contributed by atoms with Crippen LogP contribution >= 0.6 is 11.3 Å². The van der Waals surface area contributed by atoms with Crippen LogP contribution in [-0.2, 0) is 17.9 Å². The largest absolute Gasteiger partial charge is 0.329 e. The van der Waals surface area contributed by atoms with E-state index in [0.717, 1.165) is 5.56 Å². The number of carbonyl (C=O) groups excluding carboxylic acids is 1. The first kappa shape index (κ1) is 17.9. The second kappa shape index (κ2) is 7.61. The molecule has 2 aromatic carbocycles. The van der Waals surface area contributed by atoms with Crippen LogP contribution in [0, 0.1) is 0 Å². The zero-order chi connectivity index (χ0) is 19.5. The second-order valence-electron chi connectivity index (χ2n) is 6.17. The Kier molecular flexibility index (Phi) is 4.86. The molecule has 28 heavy (non-hydrogen) atoms. The summed E-state index contributed by atoms with van der Waals surface area (Å²) in [6.45, 7) is 0.345. The van der Waals surface area contributed by atoms with E-state index in [1.807, 2.05) is 46.5 Å². The summed E-state index contributed by atoms with van der Waals surface area (Å²) in [5.74, 6) is -0.469. The molecule has 7 nitrogen and oxygen atoms in total. The van der Waals surface area contributed by atoms with Gasteiger partial charge in [0.15, 0.2) is 4.80 Å². The van der Waals surface area contributed by atoms with Gasteiger partial charge in [-0.1, -0.05) is 42.5 Å². The SMILES string of the molecule is O=C(Cn1c(=O)[nH]c(=O)c2ccccc21)N=c1sccn1Cc1ccccc1. The van der Waals surface area contributed by atoms with Crippen LogP contribution in [0.4, 0.5) is 0 Å². The average Bonchev–Trinajstić information content (AvgIpc) is 3.12. The van der Waals surface area contributed by atoms with Gasteiger partial charge in [0.1, 0.15) is 6.54 Å². The Morgan fingerprint density at radius 2 is 1.79 bits per heavy atom. The van der Waals surface area contributed by atoms with Crippen molar-refractivity contribution in [3.8, 4) is 0 Å². The van der Waals surface area contributed by atoms with Crippen LogP contribution in [0.2, 0.25) is 0 Å². The van der Waals surface area contributed by atoms with E-state index in [2.05, 4.69) is 9.98 Å². The first-order valence-corrected chi connectivity index (χ1v) is 9.47. The number of aromatic amines is 1. The summed E-state index contributed by atoms with van der Waals surface area (Å²) in [4.78, 5) is 43.7. The van der Waals surface area contributed by atoms with Crippen molar-refractivity contribution in [3.63, 3.8) is 0 Å². The van der Waals surface area contributed by atoms with E-state index >= 15 is 0 Å². The summed E-state index contributed by atoms with van der Waals surface area (Å²) in [6.07, 6.45) is 1.87. The van der Waals surface area contributed by atoms with E-state index in [1.165, 1.54) is 15.9 Å². The number of amides is 1. The van der Waals surface area contributed by atoms with Crippen LogP contribution < -0.4 is 16.1 Å². The molecular formula is C20H16N4O3S. The monoisotopic (exact) mass is 392 g/mol. The van der Waals surface area contributed by atoms with Crippen molar-refractivity contribution in [3.05, 3.63) is 97.4 Å². The molecule has 0 saturated heterocycles. The quantitative estimate of drug-likeness (QED) is 0.574. The van der Waals surface area contributed by atoms with Gasteiger partial charge in [0.2, 0.25) is 0 Å². The van der Waals surface area contributed by atoms with Gasteiger partial charge in [0.25, 0.3) is 11.5 Å². The molecule has 0 unspecified atom stereocenters. The number of H-pyrrole nitrogens is 1. The third-order valence-electron chi connectivity index (χ3n) is 4.27. The number of benzene rings is 2. The fourth-order valence-corrected chi connectivity index (χ4v) is 3.71. The van der Waals surface area contributed by atoms with Crippen molar-refractivity contribution in [2.45, 2.75) is 13.1 Å². The summed E-state index contributed by atoms with van der Waals surface area (Å²) < 4.78 is 3.11. The Hall–Kier alpha value is -3.52. The first-order valence-electron chi connectivity index (χ1n) is 8.59. The molecule has 2 aromatic heterocycles. The molecule has 140 valence electrons. The molecule has 0 radical (unpaired) electrons. The third-order valence-corrected chi connectivity index (χ3v) is 5.07. The number of rotatable bonds is 4. The smallest absolute Gasteiger partial charge is 0.319 e. The van der Waals surface area contributed by atoms with Gasteiger partial charge in [-0.15, -0.1) is 11.3 Å². The Balaban J connectivity index is 1.66. The lowest BCUT2D eigenvalue weighted by molar-refractivity contribution is -0.118. The first-order chi connectivity index (χ1) is 13.6. The molecule has 8 heteroatoms. The molecule has 0 saturated carbocycles. The molecule has 4 rings (SSSR count). The Bertz CT molecular complexity index is 1330. The van der Waals surface area contributed by atoms with Crippen LogP contribution in [0.1, 0.15) is 5.56 Å². The fraction of sp³-hybridized carbons (Fsp3) is 0.100. The number of para-hydroxylation sites is 1. The van der Waals surface area contributed by atoms with Crippen LogP contribution in [0.25, 0.3) is 10.9 Å². The van der Waals surface area contributed by atoms with E-state index in [-0.39, 0.29) is 6.54 Å². The van der Waals surface area contributed by atoms with Crippen molar-refractivity contribution in [2.24, 2.45) is 4.99 Å². The van der Waals surface area contributed by atoms with Crippen LogP contribution in [0.5, 0.6) is 0 Å². The normalized spacial score (nSPS) is 11.8. The Morgan fingerprint density at radius 1 is 1.04 bits per heavy atom.